The minimum Gasteiger partial charge on any atom is -0.470 e. The molecule has 0 radical (unpaired) electrons. The Hall–Kier alpha value is -1.87. The smallest absolute Gasteiger partial charge is 0.214 e. The fourth-order valence-electron chi connectivity index (χ4n) is 1.62. The topological polar surface area (TPSA) is 48.1 Å². The van der Waals surface area contributed by atoms with Crippen molar-refractivity contribution >= 4 is 0 Å². The molecule has 3 nitrogen and oxygen atoms in total. The SMILES string of the molecule is CC(Oc1cc(CN)ccn1)c1ccccc1. The molecule has 2 N–H and O–H groups in total. The maximum atomic E-state index is 5.78. The van der Waals surface area contributed by atoms with Gasteiger partial charge in [-0.2, -0.15) is 0 Å². The Morgan fingerprint density at radius 1 is 1.24 bits per heavy atom. The lowest BCUT2D eigenvalue weighted by atomic mass is 10.1. The highest BCUT2D eigenvalue weighted by Crippen LogP contribution is 2.20. The average Bonchev–Trinajstić information content (AvgIpc) is 2.40. The molecule has 1 unspecified atom stereocenters. The highest BCUT2D eigenvalue weighted by Gasteiger charge is 2.07. The minimum absolute atomic E-state index is 0.0169. The van der Waals surface area contributed by atoms with Crippen LogP contribution in [0.15, 0.2) is 48.7 Å². The summed E-state index contributed by atoms with van der Waals surface area (Å²) >= 11 is 0. The summed E-state index contributed by atoms with van der Waals surface area (Å²) in [5.74, 6) is 0.615. The van der Waals surface area contributed by atoms with Gasteiger partial charge in [-0.1, -0.05) is 30.3 Å². The number of nitrogens with two attached hydrogens (primary N) is 1. The van der Waals surface area contributed by atoms with Gasteiger partial charge < -0.3 is 10.5 Å². The normalized spacial score (nSPS) is 12.1. The number of ether oxygens (including phenoxy) is 1. The summed E-state index contributed by atoms with van der Waals surface area (Å²) < 4.78 is 5.78. The van der Waals surface area contributed by atoms with Crippen LogP contribution >= 0.6 is 0 Å². The largest absolute Gasteiger partial charge is 0.470 e. The van der Waals surface area contributed by atoms with E-state index >= 15 is 0 Å². The third-order valence-electron chi connectivity index (χ3n) is 2.60. The first-order valence-corrected chi connectivity index (χ1v) is 5.66. The third-order valence-corrected chi connectivity index (χ3v) is 2.60. The van der Waals surface area contributed by atoms with Crippen LogP contribution in [0.2, 0.25) is 0 Å². The van der Waals surface area contributed by atoms with Crippen molar-refractivity contribution in [1.82, 2.24) is 4.98 Å². The Labute approximate surface area is 101 Å². The van der Waals surface area contributed by atoms with Crippen LogP contribution in [-0.4, -0.2) is 4.98 Å². The summed E-state index contributed by atoms with van der Waals surface area (Å²) in [6, 6.07) is 13.8. The molecule has 0 aliphatic heterocycles. The van der Waals surface area contributed by atoms with Crippen molar-refractivity contribution in [1.29, 1.82) is 0 Å². The first-order valence-electron chi connectivity index (χ1n) is 5.66. The van der Waals surface area contributed by atoms with Gasteiger partial charge in [-0.25, -0.2) is 4.98 Å². The number of hydrogen-bond acceptors (Lipinski definition) is 3. The van der Waals surface area contributed by atoms with Gasteiger partial charge in [0.25, 0.3) is 0 Å². The van der Waals surface area contributed by atoms with Crippen LogP contribution in [0.1, 0.15) is 24.2 Å². The first kappa shape index (κ1) is 11.6. The summed E-state index contributed by atoms with van der Waals surface area (Å²) in [7, 11) is 0. The molecule has 0 aliphatic carbocycles. The monoisotopic (exact) mass is 228 g/mol. The zero-order valence-corrected chi connectivity index (χ0v) is 9.84. The zero-order chi connectivity index (χ0) is 12.1. The number of aromatic nitrogens is 1. The van der Waals surface area contributed by atoms with Gasteiger partial charge in [-0.05, 0) is 24.1 Å². The minimum atomic E-state index is -0.0169. The molecular weight excluding hydrogens is 212 g/mol. The van der Waals surface area contributed by atoms with E-state index in [4.69, 9.17) is 10.5 Å². The maximum Gasteiger partial charge on any atom is 0.214 e. The number of rotatable bonds is 4. The molecular formula is C14H16N2O. The van der Waals surface area contributed by atoms with Gasteiger partial charge in [0.15, 0.2) is 0 Å². The summed E-state index contributed by atoms with van der Waals surface area (Å²) in [4.78, 5) is 4.18. The van der Waals surface area contributed by atoms with E-state index in [0.29, 0.717) is 12.4 Å². The van der Waals surface area contributed by atoms with E-state index in [9.17, 15) is 0 Å². The molecule has 1 aromatic heterocycles. The van der Waals surface area contributed by atoms with Crippen molar-refractivity contribution in [3.05, 3.63) is 59.8 Å². The van der Waals surface area contributed by atoms with Crippen molar-refractivity contribution < 1.29 is 4.74 Å². The Bertz CT molecular complexity index is 471. The quantitative estimate of drug-likeness (QED) is 0.875. The van der Waals surface area contributed by atoms with E-state index in [1.54, 1.807) is 6.20 Å². The molecule has 2 aromatic rings. The molecule has 3 heteroatoms. The van der Waals surface area contributed by atoms with E-state index in [1.807, 2.05) is 49.4 Å². The Kier molecular flexibility index (Phi) is 3.73. The fourth-order valence-corrected chi connectivity index (χ4v) is 1.62. The Balaban J connectivity index is 2.10. The van der Waals surface area contributed by atoms with Crippen LogP contribution in [0.3, 0.4) is 0 Å². The maximum absolute atomic E-state index is 5.78. The molecule has 88 valence electrons. The molecule has 0 bridgehead atoms. The second kappa shape index (κ2) is 5.46. The number of nitrogens with zero attached hydrogens (tertiary/aromatic N) is 1. The van der Waals surface area contributed by atoms with Crippen LogP contribution in [0, 0.1) is 0 Å². The van der Waals surface area contributed by atoms with Crippen molar-refractivity contribution in [2.75, 3.05) is 0 Å². The van der Waals surface area contributed by atoms with Crippen molar-refractivity contribution in [3.63, 3.8) is 0 Å². The molecule has 1 atom stereocenters. The van der Waals surface area contributed by atoms with Gasteiger partial charge in [0.1, 0.15) is 6.10 Å². The molecule has 0 saturated heterocycles. The lowest BCUT2D eigenvalue weighted by Gasteiger charge is -2.14. The highest BCUT2D eigenvalue weighted by molar-refractivity contribution is 5.22. The lowest BCUT2D eigenvalue weighted by Crippen LogP contribution is -2.05. The van der Waals surface area contributed by atoms with Crippen LogP contribution in [0.5, 0.6) is 5.88 Å². The third kappa shape index (κ3) is 3.04. The van der Waals surface area contributed by atoms with Crippen LogP contribution in [0.25, 0.3) is 0 Å². The predicted octanol–water partition coefficient (Wildman–Crippen LogP) is 2.68. The Morgan fingerprint density at radius 2 is 2.00 bits per heavy atom. The van der Waals surface area contributed by atoms with Crippen molar-refractivity contribution in [2.45, 2.75) is 19.6 Å². The van der Waals surface area contributed by atoms with E-state index in [0.717, 1.165) is 11.1 Å². The molecule has 1 heterocycles. The fraction of sp³-hybridized carbons (Fsp3) is 0.214. The van der Waals surface area contributed by atoms with Crippen LogP contribution in [0.4, 0.5) is 0 Å². The van der Waals surface area contributed by atoms with Gasteiger partial charge in [-0.3, -0.25) is 0 Å². The van der Waals surface area contributed by atoms with Gasteiger partial charge >= 0.3 is 0 Å². The van der Waals surface area contributed by atoms with Crippen molar-refractivity contribution in [2.24, 2.45) is 5.73 Å². The van der Waals surface area contributed by atoms with Crippen LogP contribution < -0.4 is 10.5 Å². The van der Waals surface area contributed by atoms with E-state index in [1.165, 1.54) is 0 Å². The second-order valence-corrected chi connectivity index (χ2v) is 3.88. The van der Waals surface area contributed by atoms with Gasteiger partial charge in [0.05, 0.1) is 0 Å². The number of pyridine rings is 1. The standard InChI is InChI=1S/C14H16N2O/c1-11(13-5-3-2-4-6-13)17-14-9-12(10-15)7-8-16-14/h2-9,11H,10,15H2,1H3. The molecule has 0 fully saturated rings. The summed E-state index contributed by atoms with van der Waals surface area (Å²) in [5.41, 5.74) is 7.73. The van der Waals surface area contributed by atoms with E-state index in [-0.39, 0.29) is 6.10 Å². The van der Waals surface area contributed by atoms with Crippen LogP contribution in [-0.2, 0) is 6.54 Å². The second-order valence-electron chi connectivity index (χ2n) is 3.88. The van der Waals surface area contributed by atoms with E-state index in [2.05, 4.69) is 4.98 Å². The number of benzene rings is 1. The molecule has 0 amide bonds. The summed E-state index contributed by atoms with van der Waals surface area (Å²) in [5, 5.41) is 0. The van der Waals surface area contributed by atoms with E-state index < -0.39 is 0 Å². The molecule has 17 heavy (non-hydrogen) atoms. The average molecular weight is 228 g/mol. The molecule has 0 saturated carbocycles. The predicted molar refractivity (Wildman–Crippen MR) is 67.6 cm³/mol. The summed E-state index contributed by atoms with van der Waals surface area (Å²) in [6.45, 7) is 2.50. The highest BCUT2D eigenvalue weighted by atomic mass is 16.5. The molecule has 0 spiro atoms. The Morgan fingerprint density at radius 3 is 2.71 bits per heavy atom. The lowest BCUT2D eigenvalue weighted by molar-refractivity contribution is 0.217. The van der Waals surface area contributed by atoms with Crippen molar-refractivity contribution in [3.8, 4) is 5.88 Å². The zero-order valence-electron chi connectivity index (χ0n) is 9.84. The first-order chi connectivity index (χ1) is 8.29. The van der Waals surface area contributed by atoms with Gasteiger partial charge in [-0.15, -0.1) is 0 Å². The molecule has 0 aliphatic rings. The van der Waals surface area contributed by atoms with Gasteiger partial charge in [0.2, 0.25) is 5.88 Å². The molecule has 1 aromatic carbocycles. The number of hydrogen-bond donors (Lipinski definition) is 1. The summed E-state index contributed by atoms with van der Waals surface area (Å²) in [6.07, 6.45) is 1.70. The molecule has 2 rings (SSSR count). The van der Waals surface area contributed by atoms with Gasteiger partial charge in [0, 0.05) is 18.8 Å².